The summed E-state index contributed by atoms with van der Waals surface area (Å²) < 4.78 is 0. The molecule has 0 saturated carbocycles. The fraction of sp³-hybridized carbons (Fsp3) is 0.500. The summed E-state index contributed by atoms with van der Waals surface area (Å²) in [5, 5.41) is 0.682. The van der Waals surface area contributed by atoms with Crippen molar-refractivity contribution in [2.24, 2.45) is 0 Å². The summed E-state index contributed by atoms with van der Waals surface area (Å²) in [6.45, 7) is 0. The first-order chi connectivity index (χ1) is 6.33. The Hall–Kier alpha value is -0.480. The van der Waals surface area contributed by atoms with Gasteiger partial charge >= 0.3 is 0 Å². The standard InChI is InChI=1S/C8H11ClN2OS/c9-4-1-2-6-13-8-10-5-3-7(12)11-8/h3,5H,1-2,4,6H2,(H,10,11,12). The summed E-state index contributed by atoms with van der Waals surface area (Å²) >= 11 is 7.08. The number of unbranched alkanes of at least 4 members (excludes halogenated alkanes) is 1. The molecule has 1 rings (SSSR count). The van der Waals surface area contributed by atoms with E-state index < -0.39 is 0 Å². The van der Waals surface area contributed by atoms with Gasteiger partial charge in [0.1, 0.15) is 0 Å². The molecule has 1 aromatic rings. The van der Waals surface area contributed by atoms with Crippen LogP contribution in [0.15, 0.2) is 22.2 Å². The minimum absolute atomic E-state index is 0.102. The molecule has 0 aliphatic heterocycles. The van der Waals surface area contributed by atoms with E-state index in [0.717, 1.165) is 18.6 Å². The zero-order valence-electron chi connectivity index (χ0n) is 7.12. The maximum atomic E-state index is 10.8. The highest BCUT2D eigenvalue weighted by molar-refractivity contribution is 7.99. The average Bonchev–Trinajstić information content (AvgIpc) is 2.13. The van der Waals surface area contributed by atoms with Crippen LogP contribution >= 0.6 is 23.4 Å². The fourth-order valence-electron chi connectivity index (χ4n) is 0.791. The molecule has 5 heteroatoms. The molecule has 13 heavy (non-hydrogen) atoms. The number of thioether (sulfide) groups is 1. The van der Waals surface area contributed by atoms with Gasteiger partial charge in [-0.3, -0.25) is 4.79 Å². The number of alkyl halides is 1. The Morgan fingerprint density at radius 1 is 1.54 bits per heavy atom. The molecule has 0 spiro atoms. The van der Waals surface area contributed by atoms with Crippen molar-refractivity contribution in [2.75, 3.05) is 11.6 Å². The molecule has 0 fully saturated rings. The normalized spacial score (nSPS) is 10.2. The van der Waals surface area contributed by atoms with E-state index in [9.17, 15) is 4.79 Å². The molecular weight excluding hydrogens is 208 g/mol. The minimum atomic E-state index is -0.102. The molecule has 72 valence electrons. The first-order valence-corrected chi connectivity index (χ1v) is 5.59. The maximum Gasteiger partial charge on any atom is 0.251 e. The molecule has 1 N–H and O–H groups in total. The highest BCUT2D eigenvalue weighted by Crippen LogP contribution is 2.12. The Kier molecular flexibility index (Phi) is 4.93. The van der Waals surface area contributed by atoms with E-state index in [0.29, 0.717) is 11.0 Å². The second kappa shape index (κ2) is 6.05. The van der Waals surface area contributed by atoms with E-state index in [1.165, 1.54) is 12.3 Å². The van der Waals surface area contributed by atoms with Crippen LogP contribution in [0.4, 0.5) is 0 Å². The lowest BCUT2D eigenvalue weighted by atomic mass is 10.4. The van der Waals surface area contributed by atoms with Crippen molar-refractivity contribution in [1.29, 1.82) is 0 Å². The third kappa shape index (κ3) is 4.33. The third-order valence-corrected chi connectivity index (χ3v) is 2.66. The predicted molar refractivity (Wildman–Crippen MR) is 55.5 cm³/mol. The van der Waals surface area contributed by atoms with Gasteiger partial charge in [-0.1, -0.05) is 11.8 Å². The van der Waals surface area contributed by atoms with Crippen LogP contribution in [0.25, 0.3) is 0 Å². The van der Waals surface area contributed by atoms with E-state index >= 15 is 0 Å². The second-order valence-electron chi connectivity index (χ2n) is 2.48. The number of H-pyrrole nitrogens is 1. The van der Waals surface area contributed by atoms with Crippen molar-refractivity contribution in [3.8, 4) is 0 Å². The average molecular weight is 219 g/mol. The molecule has 0 radical (unpaired) electrons. The predicted octanol–water partition coefficient (Wildman–Crippen LogP) is 1.88. The third-order valence-electron chi connectivity index (χ3n) is 1.41. The SMILES string of the molecule is O=c1ccnc(SCCCCCl)[nH]1. The Morgan fingerprint density at radius 3 is 3.08 bits per heavy atom. The fourth-order valence-corrected chi connectivity index (χ4v) is 1.83. The number of hydrogen-bond donors (Lipinski definition) is 1. The Bertz CT molecular complexity index is 302. The van der Waals surface area contributed by atoms with Crippen molar-refractivity contribution < 1.29 is 0 Å². The van der Waals surface area contributed by atoms with Crippen LogP contribution in [-0.4, -0.2) is 21.6 Å². The van der Waals surface area contributed by atoms with Crippen molar-refractivity contribution in [3.05, 3.63) is 22.6 Å². The number of aromatic nitrogens is 2. The number of rotatable bonds is 5. The van der Waals surface area contributed by atoms with Gasteiger partial charge in [0.2, 0.25) is 0 Å². The molecule has 1 heterocycles. The van der Waals surface area contributed by atoms with Crippen molar-refractivity contribution in [3.63, 3.8) is 0 Å². The van der Waals surface area contributed by atoms with Gasteiger partial charge in [0.25, 0.3) is 5.56 Å². The minimum Gasteiger partial charge on any atom is -0.301 e. The van der Waals surface area contributed by atoms with Crippen LogP contribution in [0, 0.1) is 0 Å². The Balaban J connectivity index is 2.33. The van der Waals surface area contributed by atoms with E-state index in [-0.39, 0.29) is 5.56 Å². The van der Waals surface area contributed by atoms with Gasteiger partial charge in [0.15, 0.2) is 5.16 Å². The molecule has 0 aliphatic carbocycles. The summed E-state index contributed by atoms with van der Waals surface area (Å²) in [5.74, 6) is 1.64. The highest BCUT2D eigenvalue weighted by atomic mass is 35.5. The van der Waals surface area contributed by atoms with Crippen LogP contribution in [0.1, 0.15) is 12.8 Å². The van der Waals surface area contributed by atoms with Gasteiger partial charge in [-0.2, -0.15) is 0 Å². The van der Waals surface area contributed by atoms with Gasteiger partial charge < -0.3 is 4.98 Å². The molecule has 0 unspecified atom stereocenters. The molecule has 3 nitrogen and oxygen atoms in total. The second-order valence-corrected chi connectivity index (χ2v) is 3.95. The highest BCUT2D eigenvalue weighted by Gasteiger charge is 1.95. The number of hydrogen-bond acceptors (Lipinski definition) is 3. The van der Waals surface area contributed by atoms with Gasteiger partial charge in [-0.15, -0.1) is 11.6 Å². The Morgan fingerprint density at radius 2 is 2.38 bits per heavy atom. The van der Waals surface area contributed by atoms with Gasteiger partial charge in [-0.25, -0.2) is 4.98 Å². The number of nitrogens with zero attached hydrogens (tertiary/aromatic N) is 1. The van der Waals surface area contributed by atoms with Crippen LogP contribution < -0.4 is 5.56 Å². The zero-order valence-corrected chi connectivity index (χ0v) is 8.70. The lowest BCUT2D eigenvalue weighted by molar-refractivity contribution is 0.889. The summed E-state index contributed by atoms with van der Waals surface area (Å²) in [4.78, 5) is 17.5. The molecule has 0 amide bonds. The topological polar surface area (TPSA) is 45.8 Å². The molecule has 0 bridgehead atoms. The smallest absolute Gasteiger partial charge is 0.251 e. The summed E-state index contributed by atoms with van der Waals surface area (Å²) in [5.41, 5.74) is -0.102. The van der Waals surface area contributed by atoms with E-state index in [1.807, 2.05) is 0 Å². The molecule has 0 saturated heterocycles. The van der Waals surface area contributed by atoms with Crippen LogP contribution in [0.5, 0.6) is 0 Å². The van der Waals surface area contributed by atoms with Crippen molar-refractivity contribution in [2.45, 2.75) is 18.0 Å². The largest absolute Gasteiger partial charge is 0.301 e. The number of aromatic amines is 1. The molecular formula is C8H11ClN2OS. The van der Waals surface area contributed by atoms with Crippen molar-refractivity contribution >= 4 is 23.4 Å². The van der Waals surface area contributed by atoms with E-state index in [4.69, 9.17) is 11.6 Å². The van der Waals surface area contributed by atoms with E-state index in [1.54, 1.807) is 11.8 Å². The first kappa shape index (κ1) is 10.6. The number of halogens is 1. The summed E-state index contributed by atoms with van der Waals surface area (Å²) in [7, 11) is 0. The summed E-state index contributed by atoms with van der Waals surface area (Å²) in [6.07, 6.45) is 3.57. The summed E-state index contributed by atoms with van der Waals surface area (Å²) in [6, 6.07) is 1.41. The molecule has 1 aromatic heterocycles. The Labute approximate surface area is 85.9 Å². The van der Waals surface area contributed by atoms with Gasteiger partial charge in [-0.05, 0) is 12.8 Å². The van der Waals surface area contributed by atoms with Gasteiger partial charge in [0, 0.05) is 23.9 Å². The van der Waals surface area contributed by atoms with Crippen LogP contribution in [0.2, 0.25) is 0 Å². The monoisotopic (exact) mass is 218 g/mol. The maximum absolute atomic E-state index is 10.8. The van der Waals surface area contributed by atoms with Gasteiger partial charge in [0.05, 0.1) is 0 Å². The molecule has 0 aromatic carbocycles. The zero-order chi connectivity index (χ0) is 9.52. The van der Waals surface area contributed by atoms with Crippen LogP contribution in [0.3, 0.4) is 0 Å². The quantitative estimate of drug-likeness (QED) is 0.355. The molecule has 0 aliphatic rings. The first-order valence-electron chi connectivity index (χ1n) is 4.07. The lowest BCUT2D eigenvalue weighted by Gasteiger charge is -1.97. The lowest BCUT2D eigenvalue weighted by Crippen LogP contribution is -2.05. The number of nitrogens with one attached hydrogen (secondary N) is 1. The van der Waals surface area contributed by atoms with Crippen LogP contribution in [-0.2, 0) is 0 Å². The molecule has 0 atom stereocenters. The van der Waals surface area contributed by atoms with Crippen molar-refractivity contribution in [1.82, 2.24) is 9.97 Å². The van der Waals surface area contributed by atoms with E-state index in [2.05, 4.69) is 9.97 Å².